The summed E-state index contributed by atoms with van der Waals surface area (Å²) < 4.78 is 0. The molecule has 28 heavy (non-hydrogen) atoms. The van der Waals surface area contributed by atoms with Gasteiger partial charge < -0.3 is 0 Å². The van der Waals surface area contributed by atoms with Gasteiger partial charge in [-0.25, -0.2) is 0 Å². The van der Waals surface area contributed by atoms with E-state index in [9.17, 15) is 0 Å². The molecule has 0 aliphatic heterocycles. The quantitative estimate of drug-likeness (QED) is 0.328. The number of hydrogen-bond donors (Lipinski definition) is 0. The van der Waals surface area contributed by atoms with Crippen molar-refractivity contribution in [2.24, 2.45) is 45.8 Å². The fraction of sp³-hybridized carbons (Fsp3) is 0.929. The van der Waals surface area contributed by atoms with Gasteiger partial charge in [0.1, 0.15) is 0 Å². The van der Waals surface area contributed by atoms with Gasteiger partial charge >= 0.3 is 0 Å². The van der Waals surface area contributed by atoms with E-state index in [1.807, 2.05) is 5.57 Å². The fourth-order valence-corrected chi connectivity index (χ4v) is 8.76. The van der Waals surface area contributed by atoms with E-state index in [1.54, 1.807) is 0 Å². The monoisotopic (exact) mass is 384 g/mol. The Labute approximate surface area is 176 Å². The van der Waals surface area contributed by atoms with Crippen LogP contribution < -0.4 is 0 Å². The maximum absolute atomic E-state index is 2.75. The van der Waals surface area contributed by atoms with Crippen LogP contribution in [-0.2, 0) is 0 Å². The van der Waals surface area contributed by atoms with Crippen LogP contribution in [0.3, 0.4) is 0 Å². The van der Waals surface area contributed by atoms with E-state index in [0.717, 1.165) is 29.6 Å². The highest BCUT2D eigenvalue weighted by atomic mass is 14.7. The van der Waals surface area contributed by atoms with Gasteiger partial charge in [0.05, 0.1) is 0 Å². The average molecular weight is 385 g/mol. The molecule has 0 amide bonds. The fourth-order valence-electron chi connectivity index (χ4n) is 8.76. The van der Waals surface area contributed by atoms with Gasteiger partial charge in [0.15, 0.2) is 0 Å². The van der Waals surface area contributed by atoms with Crippen molar-refractivity contribution >= 4 is 0 Å². The third kappa shape index (κ3) is 3.15. The number of rotatable bonds is 5. The molecule has 0 radical (unpaired) electrons. The Kier molecular flexibility index (Phi) is 5.59. The molecule has 0 aromatic heterocycles. The molecule has 0 spiro atoms. The third-order valence-electron chi connectivity index (χ3n) is 11.0. The van der Waals surface area contributed by atoms with Crippen LogP contribution in [0.15, 0.2) is 11.6 Å². The Bertz CT molecular complexity index is 599. The summed E-state index contributed by atoms with van der Waals surface area (Å²) in [6.45, 7) is 15.4. The molecule has 0 saturated heterocycles. The summed E-state index contributed by atoms with van der Waals surface area (Å²) in [6, 6.07) is 0. The molecule has 4 aliphatic rings. The molecule has 4 rings (SSSR count). The van der Waals surface area contributed by atoms with Gasteiger partial charge in [-0.1, -0.05) is 72.5 Å². The van der Waals surface area contributed by atoms with E-state index in [-0.39, 0.29) is 0 Å². The Morgan fingerprint density at radius 1 is 0.929 bits per heavy atom. The van der Waals surface area contributed by atoms with E-state index in [2.05, 4.69) is 47.6 Å². The minimum atomic E-state index is 0.537. The van der Waals surface area contributed by atoms with Crippen molar-refractivity contribution in [3.63, 3.8) is 0 Å². The second-order valence-corrected chi connectivity index (χ2v) is 12.7. The normalized spacial score (nSPS) is 48.0. The highest BCUT2D eigenvalue weighted by Crippen LogP contribution is 2.72. The zero-order chi connectivity index (χ0) is 20.2. The summed E-state index contributed by atoms with van der Waals surface area (Å²) in [5.41, 5.74) is 3.60. The van der Waals surface area contributed by atoms with Crippen LogP contribution in [0.1, 0.15) is 119 Å². The predicted molar refractivity (Wildman–Crippen MR) is 122 cm³/mol. The molecule has 7 atom stereocenters. The van der Waals surface area contributed by atoms with E-state index in [1.165, 1.54) is 77.0 Å². The van der Waals surface area contributed by atoms with Crippen molar-refractivity contribution in [2.45, 2.75) is 119 Å². The molecule has 0 heteroatoms. The summed E-state index contributed by atoms with van der Waals surface area (Å²) in [5, 5.41) is 0. The van der Waals surface area contributed by atoms with E-state index < -0.39 is 0 Å². The summed E-state index contributed by atoms with van der Waals surface area (Å²) in [5.74, 6) is 4.71. The molecule has 0 aromatic carbocycles. The molecular weight excluding hydrogens is 336 g/mol. The van der Waals surface area contributed by atoms with Gasteiger partial charge in [0, 0.05) is 0 Å². The molecule has 3 fully saturated rings. The standard InChI is InChI=1S/C28H48/c1-20(2)9-7-8-10-22-14-17-28(6)25-12-11-23-19-21(3)13-16-26(23,4)24(25)15-18-27(22,28)5/h11,20-22,24-25H,7-10,12-19H2,1-6H3. The van der Waals surface area contributed by atoms with E-state index in [4.69, 9.17) is 0 Å². The van der Waals surface area contributed by atoms with Crippen molar-refractivity contribution in [3.8, 4) is 0 Å². The van der Waals surface area contributed by atoms with Crippen molar-refractivity contribution in [2.75, 3.05) is 0 Å². The lowest BCUT2D eigenvalue weighted by Gasteiger charge is -2.62. The molecule has 0 N–H and O–H groups in total. The zero-order valence-electron chi connectivity index (χ0n) is 19.9. The highest BCUT2D eigenvalue weighted by molar-refractivity contribution is 5.26. The molecular formula is C28H48. The van der Waals surface area contributed by atoms with Gasteiger partial charge in [0.2, 0.25) is 0 Å². The molecule has 0 heterocycles. The number of allylic oxidation sites excluding steroid dienone is 2. The van der Waals surface area contributed by atoms with Gasteiger partial charge in [-0.15, -0.1) is 0 Å². The second-order valence-electron chi connectivity index (χ2n) is 12.7. The highest BCUT2D eigenvalue weighted by Gasteiger charge is 2.63. The Balaban J connectivity index is 1.52. The third-order valence-corrected chi connectivity index (χ3v) is 11.0. The topological polar surface area (TPSA) is 0 Å². The van der Waals surface area contributed by atoms with Gasteiger partial charge in [0.25, 0.3) is 0 Å². The lowest BCUT2D eigenvalue weighted by Crippen LogP contribution is -2.54. The lowest BCUT2D eigenvalue weighted by molar-refractivity contribution is -0.106. The second kappa shape index (κ2) is 7.46. The van der Waals surface area contributed by atoms with Gasteiger partial charge in [-0.05, 0) is 104 Å². The smallest absolute Gasteiger partial charge is 0.00850 e. The minimum Gasteiger partial charge on any atom is -0.0845 e. The van der Waals surface area contributed by atoms with Crippen LogP contribution in [0.25, 0.3) is 0 Å². The van der Waals surface area contributed by atoms with Crippen LogP contribution in [0.5, 0.6) is 0 Å². The van der Waals surface area contributed by atoms with Crippen LogP contribution in [0, 0.1) is 45.8 Å². The lowest BCUT2D eigenvalue weighted by atomic mass is 9.42. The Hall–Kier alpha value is -0.260. The molecule has 4 aliphatic carbocycles. The molecule has 7 unspecified atom stereocenters. The molecule has 0 nitrogen and oxygen atoms in total. The SMILES string of the molecule is CC(C)CCCCC1CCC2(C)C3CC=C4CC(C)CCC4(C)C3CCC12C. The molecule has 3 saturated carbocycles. The van der Waals surface area contributed by atoms with E-state index >= 15 is 0 Å². The van der Waals surface area contributed by atoms with Crippen LogP contribution in [0.4, 0.5) is 0 Å². The van der Waals surface area contributed by atoms with Gasteiger partial charge in [-0.3, -0.25) is 0 Å². The van der Waals surface area contributed by atoms with Crippen molar-refractivity contribution < 1.29 is 0 Å². The summed E-state index contributed by atoms with van der Waals surface area (Å²) in [7, 11) is 0. The first-order chi connectivity index (χ1) is 13.2. The summed E-state index contributed by atoms with van der Waals surface area (Å²) in [4.78, 5) is 0. The summed E-state index contributed by atoms with van der Waals surface area (Å²) >= 11 is 0. The molecule has 160 valence electrons. The maximum Gasteiger partial charge on any atom is -0.00850 e. The van der Waals surface area contributed by atoms with Crippen molar-refractivity contribution in [1.29, 1.82) is 0 Å². The van der Waals surface area contributed by atoms with Crippen LogP contribution in [-0.4, -0.2) is 0 Å². The Morgan fingerprint density at radius 2 is 1.68 bits per heavy atom. The van der Waals surface area contributed by atoms with Crippen LogP contribution in [0.2, 0.25) is 0 Å². The van der Waals surface area contributed by atoms with Gasteiger partial charge in [-0.2, -0.15) is 0 Å². The average Bonchev–Trinajstić information content (AvgIpc) is 2.90. The van der Waals surface area contributed by atoms with Crippen molar-refractivity contribution in [1.82, 2.24) is 0 Å². The maximum atomic E-state index is 2.75. The molecule has 0 bridgehead atoms. The predicted octanol–water partition coefficient (Wildman–Crippen LogP) is 8.81. The molecule has 0 aromatic rings. The number of fused-ring (bicyclic) bond motifs is 5. The zero-order valence-corrected chi connectivity index (χ0v) is 19.9. The Morgan fingerprint density at radius 3 is 2.43 bits per heavy atom. The number of unbranched alkanes of at least 4 members (excludes halogenated alkanes) is 1. The largest absolute Gasteiger partial charge is 0.0845 e. The minimum absolute atomic E-state index is 0.537. The summed E-state index contributed by atoms with van der Waals surface area (Å²) in [6.07, 6.45) is 20.4. The first-order valence-electron chi connectivity index (χ1n) is 12.9. The van der Waals surface area contributed by atoms with Crippen LogP contribution >= 0.6 is 0 Å². The number of hydrogen-bond acceptors (Lipinski definition) is 0. The first-order valence-corrected chi connectivity index (χ1v) is 12.9. The van der Waals surface area contributed by atoms with E-state index in [0.29, 0.717) is 16.2 Å². The van der Waals surface area contributed by atoms with Crippen molar-refractivity contribution in [3.05, 3.63) is 11.6 Å². The first kappa shape index (κ1) is 21.0.